The minimum Gasteiger partial charge on any atom is -0.360 e. The zero-order valence-corrected chi connectivity index (χ0v) is 13.4. The van der Waals surface area contributed by atoms with Gasteiger partial charge in [0.25, 0.3) is 0 Å². The standard InChI is InChI=1S/C16H22ClN3O/c1-3-7-18-10-15-9-16(21-19-15)12-20(2)11-13-5-4-6-14(17)8-13/h4-6,8-9,18H,3,7,10-12H2,1-2H3. The maximum atomic E-state index is 6.00. The number of halogens is 1. The summed E-state index contributed by atoms with van der Waals surface area (Å²) >= 11 is 6.00. The molecule has 5 heteroatoms. The molecule has 0 saturated heterocycles. The fraction of sp³-hybridized carbons (Fsp3) is 0.438. The van der Waals surface area contributed by atoms with Crippen LogP contribution in [0.4, 0.5) is 0 Å². The third kappa shape index (κ3) is 5.50. The van der Waals surface area contributed by atoms with Crippen LogP contribution in [0.1, 0.15) is 30.4 Å². The van der Waals surface area contributed by atoms with Crippen molar-refractivity contribution in [2.45, 2.75) is 33.0 Å². The van der Waals surface area contributed by atoms with Gasteiger partial charge in [-0.05, 0) is 37.7 Å². The van der Waals surface area contributed by atoms with E-state index >= 15 is 0 Å². The van der Waals surface area contributed by atoms with Crippen molar-refractivity contribution in [3.63, 3.8) is 0 Å². The van der Waals surface area contributed by atoms with E-state index in [0.29, 0.717) is 0 Å². The molecule has 0 radical (unpaired) electrons. The minimum absolute atomic E-state index is 0.729. The molecule has 1 N–H and O–H groups in total. The van der Waals surface area contributed by atoms with E-state index in [2.05, 4.69) is 35.4 Å². The Hall–Kier alpha value is -1.36. The Morgan fingerprint density at radius 3 is 2.90 bits per heavy atom. The maximum absolute atomic E-state index is 6.00. The number of aromatic nitrogens is 1. The van der Waals surface area contributed by atoms with Gasteiger partial charge < -0.3 is 9.84 Å². The Morgan fingerprint density at radius 1 is 1.29 bits per heavy atom. The van der Waals surface area contributed by atoms with Crippen LogP contribution in [-0.4, -0.2) is 23.6 Å². The van der Waals surface area contributed by atoms with Crippen LogP contribution in [0.3, 0.4) is 0 Å². The lowest BCUT2D eigenvalue weighted by Crippen LogP contribution is -2.17. The highest BCUT2D eigenvalue weighted by Gasteiger charge is 2.08. The van der Waals surface area contributed by atoms with E-state index in [0.717, 1.165) is 49.1 Å². The van der Waals surface area contributed by atoms with Gasteiger partial charge >= 0.3 is 0 Å². The van der Waals surface area contributed by atoms with Crippen LogP contribution in [0, 0.1) is 0 Å². The predicted octanol–water partition coefficient (Wildman–Crippen LogP) is 3.46. The molecule has 0 aliphatic rings. The average molecular weight is 308 g/mol. The second-order valence-corrected chi connectivity index (χ2v) is 5.70. The van der Waals surface area contributed by atoms with Gasteiger partial charge in [-0.3, -0.25) is 4.90 Å². The fourth-order valence-corrected chi connectivity index (χ4v) is 2.39. The molecule has 0 unspecified atom stereocenters. The molecule has 2 aromatic rings. The first-order valence-corrected chi connectivity index (χ1v) is 7.63. The largest absolute Gasteiger partial charge is 0.360 e. The summed E-state index contributed by atoms with van der Waals surface area (Å²) in [7, 11) is 2.05. The molecule has 1 aromatic heterocycles. The summed E-state index contributed by atoms with van der Waals surface area (Å²) in [6.45, 7) is 5.45. The Morgan fingerprint density at radius 2 is 2.14 bits per heavy atom. The summed E-state index contributed by atoms with van der Waals surface area (Å²) in [5.41, 5.74) is 2.14. The van der Waals surface area contributed by atoms with E-state index in [9.17, 15) is 0 Å². The van der Waals surface area contributed by atoms with Gasteiger partial charge in [0.2, 0.25) is 0 Å². The third-order valence-electron chi connectivity index (χ3n) is 3.11. The van der Waals surface area contributed by atoms with Crippen LogP contribution in [0.2, 0.25) is 5.02 Å². The number of benzene rings is 1. The van der Waals surface area contributed by atoms with Gasteiger partial charge in [-0.1, -0.05) is 35.8 Å². The number of hydrogen-bond acceptors (Lipinski definition) is 4. The molecule has 0 aliphatic heterocycles. The summed E-state index contributed by atoms with van der Waals surface area (Å²) < 4.78 is 5.37. The van der Waals surface area contributed by atoms with Crippen molar-refractivity contribution in [2.75, 3.05) is 13.6 Å². The summed E-state index contributed by atoms with van der Waals surface area (Å²) in [6, 6.07) is 9.92. The fourth-order valence-electron chi connectivity index (χ4n) is 2.18. The van der Waals surface area contributed by atoms with E-state index < -0.39 is 0 Å². The SMILES string of the molecule is CCCNCc1cc(CN(C)Cc2cccc(Cl)c2)on1. The van der Waals surface area contributed by atoms with Gasteiger partial charge in [0, 0.05) is 24.2 Å². The van der Waals surface area contributed by atoms with E-state index in [-0.39, 0.29) is 0 Å². The van der Waals surface area contributed by atoms with Gasteiger partial charge in [0.15, 0.2) is 5.76 Å². The molecule has 2 rings (SSSR count). The van der Waals surface area contributed by atoms with Crippen LogP contribution in [-0.2, 0) is 19.6 Å². The quantitative estimate of drug-likeness (QED) is 0.758. The predicted molar refractivity (Wildman–Crippen MR) is 85.1 cm³/mol. The third-order valence-corrected chi connectivity index (χ3v) is 3.34. The van der Waals surface area contributed by atoms with Gasteiger partial charge in [0.1, 0.15) is 0 Å². The van der Waals surface area contributed by atoms with Gasteiger partial charge in [0.05, 0.1) is 12.2 Å². The van der Waals surface area contributed by atoms with Gasteiger partial charge in [-0.25, -0.2) is 0 Å². The van der Waals surface area contributed by atoms with Crippen molar-refractivity contribution < 1.29 is 4.52 Å². The Bertz CT molecular complexity index is 556. The van der Waals surface area contributed by atoms with Crippen molar-refractivity contribution >= 4 is 11.6 Å². The molecule has 0 spiro atoms. The molecular weight excluding hydrogens is 286 g/mol. The molecule has 0 amide bonds. The second kappa shape index (κ2) is 8.17. The summed E-state index contributed by atoms with van der Waals surface area (Å²) in [4.78, 5) is 2.18. The highest BCUT2D eigenvalue weighted by atomic mass is 35.5. The summed E-state index contributed by atoms with van der Waals surface area (Å²) in [5.74, 6) is 0.882. The van der Waals surface area contributed by atoms with Gasteiger partial charge in [-0.15, -0.1) is 0 Å². The molecule has 114 valence electrons. The highest BCUT2D eigenvalue weighted by Crippen LogP contribution is 2.14. The lowest BCUT2D eigenvalue weighted by Gasteiger charge is -2.14. The first-order chi connectivity index (χ1) is 10.2. The monoisotopic (exact) mass is 307 g/mol. The highest BCUT2D eigenvalue weighted by molar-refractivity contribution is 6.30. The van der Waals surface area contributed by atoms with Crippen molar-refractivity contribution in [1.82, 2.24) is 15.4 Å². The molecule has 4 nitrogen and oxygen atoms in total. The molecule has 0 saturated carbocycles. The molecular formula is C16H22ClN3O. The van der Waals surface area contributed by atoms with E-state index in [4.69, 9.17) is 16.1 Å². The normalized spacial score (nSPS) is 11.2. The van der Waals surface area contributed by atoms with E-state index in [1.54, 1.807) is 0 Å². The Balaban J connectivity index is 1.83. The number of rotatable bonds is 8. The van der Waals surface area contributed by atoms with Crippen LogP contribution >= 0.6 is 11.6 Å². The zero-order chi connectivity index (χ0) is 15.1. The number of nitrogens with zero attached hydrogens (tertiary/aromatic N) is 2. The van der Waals surface area contributed by atoms with Crippen LogP contribution in [0.25, 0.3) is 0 Å². The molecule has 21 heavy (non-hydrogen) atoms. The van der Waals surface area contributed by atoms with Crippen molar-refractivity contribution in [1.29, 1.82) is 0 Å². The molecule has 0 atom stereocenters. The Kier molecular flexibility index (Phi) is 6.23. The van der Waals surface area contributed by atoms with Crippen LogP contribution < -0.4 is 5.32 Å². The molecule has 1 aromatic carbocycles. The topological polar surface area (TPSA) is 41.3 Å². The molecule has 1 heterocycles. The van der Waals surface area contributed by atoms with E-state index in [1.165, 1.54) is 5.56 Å². The van der Waals surface area contributed by atoms with Gasteiger partial charge in [-0.2, -0.15) is 0 Å². The molecule has 0 fully saturated rings. The second-order valence-electron chi connectivity index (χ2n) is 5.26. The Labute approximate surface area is 131 Å². The zero-order valence-electron chi connectivity index (χ0n) is 12.6. The molecule has 0 bridgehead atoms. The molecule has 0 aliphatic carbocycles. The minimum atomic E-state index is 0.729. The maximum Gasteiger partial charge on any atom is 0.151 e. The van der Waals surface area contributed by atoms with E-state index in [1.807, 2.05) is 24.3 Å². The number of nitrogens with one attached hydrogen (secondary N) is 1. The lowest BCUT2D eigenvalue weighted by atomic mass is 10.2. The van der Waals surface area contributed by atoms with Crippen molar-refractivity contribution in [3.05, 3.63) is 52.4 Å². The summed E-state index contributed by atoms with van der Waals surface area (Å²) in [6.07, 6.45) is 1.12. The number of hydrogen-bond donors (Lipinski definition) is 1. The lowest BCUT2D eigenvalue weighted by molar-refractivity contribution is 0.265. The van der Waals surface area contributed by atoms with Crippen LogP contribution in [0.15, 0.2) is 34.9 Å². The van der Waals surface area contributed by atoms with Crippen LogP contribution in [0.5, 0.6) is 0 Å². The van der Waals surface area contributed by atoms with Crippen molar-refractivity contribution in [2.24, 2.45) is 0 Å². The average Bonchev–Trinajstić information content (AvgIpc) is 2.86. The first-order valence-electron chi connectivity index (χ1n) is 7.25. The summed E-state index contributed by atoms with van der Waals surface area (Å²) in [5, 5.41) is 8.16. The first kappa shape index (κ1) is 16.0. The smallest absolute Gasteiger partial charge is 0.151 e. The van der Waals surface area contributed by atoms with Crippen molar-refractivity contribution in [3.8, 4) is 0 Å².